The van der Waals surface area contributed by atoms with E-state index in [0.29, 0.717) is 24.5 Å². The Balaban J connectivity index is 1.28. The Labute approximate surface area is 166 Å². The quantitative estimate of drug-likeness (QED) is 0.722. The second-order valence-corrected chi connectivity index (χ2v) is 7.87. The van der Waals surface area contributed by atoms with Gasteiger partial charge in [-0.25, -0.2) is 4.79 Å². The number of likely N-dealkylation sites (tertiary alicyclic amines) is 1. The van der Waals surface area contributed by atoms with Crippen molar-refractivity contribution in [2.75, 3.05) is 13.1 Å². The van der Waals surface area contributed by atoms with Crippen molar-refractivity contribution in [2.45, 2.75) is 31.4 Å². The van der Waals surface area contributed by atoms with E-state index in [0.717, 1.165) is 35.2 Å². The molecule has 1 N–H and O–H groups in total. The number of nitrogens with zero attached hydrogens (tertiary/aromatic N) is 2. The first kappa shape index (κ1) is 17.4. The van der Waals surface area contributed by atoms with Crippen LogP contribution in [0.3, 0.4) is 0 Å². The Morgan fingerprint density at radius 1 is 1.14 bits per heavy atom. The highest BCUT2D eigenvalue weighted by atomic mass is 35.5. The minimum Gasteiger partial charge on any atom is -0.480 e. The number of piperidine rings is 1. The molecule has 0 unspecified atom stereocenters. The summed E-state index contributed by atoms with van der Waals surface area (Å²) in [5, 5.41) is 0.653. The topological polar surface area (TPSA) is 67.3 Å². The van der Waals surface area contributed by atoms with Gasteiger partial charge in [0.1, 0.15) is 5.75 Å². The van der Waals surface area contributed by atoms with Crippen molar-refractivity contribution in [1.29, 1.82) is 0 Å². The molecule has 5 rings (SSSR count). The summed E-state index contributed by atoms with van der Waals surface area (Å²) in [7, 11) is 0. The number of halogens is 1. The number of imidazole rings is 1. The third-order valence-corrected chi connectivity index (χ3v) is 5.97. The molecule has 0 radical (unpaired) electrons. The van der Waals surface area contributed by atoms with E-state index in [4.69, 9.17) is 16.3 Å². The smallest absolute Gasteiger partial charge is 0.326 e. The van der Waals surface area contributed by atoms with Crippen LogP contribution in [0.25, 0.3) is 11.0 Å². The van der Waals surface area contributed by atoms with Crippen LogP contribution in [0.2, 0.25) is 5.02 Å². The predicted octanol–water partition coefficient (Wildman–Crippen LogP) is 3.15. The van der Waals surface area contributed by atoms with Crippen LogP contribution in [0.15, 0.2) is 47.3 Å². The largest absolute Gasteiger partial charge is 0.480 e. The predicted molar refractivity (Wildman–Crippen MR) is 107 cm³/mol. The molecule has 3 aromatic rings. The van der Waals surface area contributed by atoms with Crippen molar-refractivity contribution in [3.8, 4) is 5.75 Å². The van der Waals surface area contributed by atoms with E-state index >= 15 is 0 Å². The van der Waals surface area contributed by atoms with Crippen LogP contribution in [0, 0.1) is 0 Å². The molecule has 0 bridgehead atoms. The minimum atomic E-state index is -0.485. The lowest BCUT2D eigenvalue weighted by molar-refractivity contribution is -0.139. The minimum absolute atomic E-state index is 0.0112. The molecular weight excluding hydrogens is 378 g/mol. The average molecular weight is 398 g/mol. The number of hydrogen-bond donors (Lipinski definition) is 1. The number of fused-ring (bicyclic) bond motifs is 2. The van der Waals surface area contributed by atoms with Crippen LogP contribution in [-0.2, 0) is 11.2 Å². The van der Waals surface area contributed by atoms with Gasteiger partial charge in [0.15, 0.2) is 6.10 Å². The SMILES string of the molecule is O=C([C@H]1Cc2cc(Cl)ccc2O1)N1CCC(n2c(=O)[nH]c3ccccc32)CC1. The number of rotatable bonds is 2. The lowest BCUT2D eigenvalue weighted by Crippen LogP contribution is -2.46. The number of amides is 1. The molecule has 1 saturated heterocycles. The van der Waals surface area contributed by atoms with Gasteiger partial charge in [0.05, 0.1) is 11.0 Å². The number of hydrogen-bond acceptors (Lipinski definition) is 3. The van der Waals surface area contributed by atoms with Crippen LogP contribution in [-0.4, -0.2) is 39.6 Å². The van der Waals surface area contributed by atoms with E-state index < -0.39 is 6.10 Å². The summed E-state index contributed by atoms with van der Waals surface area (Å²) in [6, 6.07) is 13.3. The fourth-order valence-corrected chi connectivity index (χ4v) is 4.53. The first-order valence-electron chi connectivity index (χ1n) is 9.53. The fraction of sp³-hybridized carbons (Fsp3) is 0.333. The van der Waals surface area contributed by atoms with Gasteiger partial charge in [0.2, 0.25) is 0 Å². The van der Waals surface area contributed by atoms with Crippen molar-refractivity contribution in [3.63, 3.8) is 0 Å². The number of para-hydroxylation sites is 2. The van der Waals surface area contributed by atoms with Crippen LogP contribution < -0.4 is 10.4 Å². The molecule has 28 heavy (non-hydrogen) atoms. The molecule has 144 valence electrons. The molecule has 7 heteroatoms. The van der Waals surface area contributed by atoms with Crippen LogP contribution in [0.5, 0.6) is 5.75 Å². The number of nitrogens with one attached hydrogen (secondary N) is 1. The van der Waals surface area contributed by atoms with Gasteiger partial charge in [-0.1, -0.05) is 23.7 Å². The van der Waals surface area contributed by atoms with E-state index in [1.165, 1.54) is 0 Å². The zero-order chi connectivity index (χ0) is 19.3. The monoisotopic (exact) mass is 397 g/mol. The molecule has 0 aliphatic carbocycles. The van der Waals surface area contributed by atoms with E-state index in [2.05, 4.69) is 4.98 Å². The maximum atomic E-state index is 12.9. The molecule has 3 heterocycles. The van der Waals surface area contributed by atoms with Gasteiger partial charge in [-0.3, -0.25) is 9.36 Å². The fourth-order valence-electron chi connectivity index (χ4n) is 4.34. The number of carbonyl (C=O) groups excluding carboxylic acids is 1. The Hall–Kier alpha value is -2.73. The third kappa shape index (κ3) is 2.88. The second-order valence-electron chi connectivity index (χ2n) is 7.44. The number of aromatic amines is 1. The van der Waals surface area contributed by atoms with Gasteiger partial charge in [0, 0.05) is 30.6 Å². The maximum absolute atomic E-state index is 12.9. The third-order valence-electron chi connectivity index (χ3n) is 5.74. The zero-order valence-corrected chi connectivity index (χ0v) is 16.0. The summed E-state index contributed by atoms with van der Waals surface area (Å²) in [5.74, 6) is 0.750. The van der Waals surface area contributed by atoms with Crippen LogP contribution in [0.1, 0.15) is 24.4 Å². The lowest BCUT2D eigenvalue weighted by Gasteiger charge is -2.33. The second kappa shape index (κ2) is 6.71. The molecule has 6 nitrogen and oxygen atoms in total. The lowest BCUT2D eigenvalue weighted by atomic mass is 10.0. The van der Waals surface area contributed by atoms with Crippen molar-refractivity contribution in [1.82, 2.24) is 14.5 Å². The molecule has 1 fully saturated rings. The first-order valence-corrected chi connectivity index (χ1v) is 9.91. The number of aromatic nitrogens is 2. The van der Waals surface area contributed by atoms with E-state index in [1.54, 1.807) is 6.07 Å². The highest BCUT2D eigenvalue weighted by Gasteiger charge is 2.34. The van der Waals surface area contributed by atoms with Gasteiger partial charge in [-0.2, -0.15) is 0 Å². The average Bonchev–Trinajstić information content (AvgIpc) is 3.27. The first-order chi connectivity index (χ1) is 13.6. The summed E-state index contributed by atoms with van der Waals surface area (Å²) in [6.45, 7) is 1.23. The Morgan fingerprint density at radius 3 is 2.75 bits per heavy atom. The number of benzene rings is 2. The van der Waals surface area contributed by atoms with Gasteiger partial charge >= 0.3 is 5.69 Å². The summed E-state index contributed by atoms with van der Waals surface area (Å²) < 4.78 is 7.68. The summed E-state index contributed by atoms with van der Waals surface area (Å²) in [5.41, 5.74) is 2.66. The zero-order valence-electron chi connectivity index (χ0n) is 15.2. The van der Waals surface area contributed by atoms with Crippen molar-refractivity contribution >= 4 is 28.5 Å². The molecule has 0 saturated carbocycles. The Kier molecular flexibility index (Phi) is 4.16. The van der Waals surface area contributed by atoms with Crippen molar-refractivity contribution < 1.29 is 9.53 Å². The van der Waals surface area contributed by atoms with Gasteiger partial charge in [0.25, 0.3) is 5.91 Å². The van der Waals surface area contributed by atoms with Crippen LogP contribution >= 0.6 is 11.6 Å². The highest BCUT2D eigenvalue weighted by molar-refractivity contribution is 6.30. The molecular formula is C21H20ClN3O3. The Bertz CT molecular complexity index is 1110. The van der Waals surface area contributed by atoms with E-state index in [1.807, 2.05) is 45.9 Å². The summed E-state index contributed by atoms with van der Waals surface area (Å²) in [4.78, 5) is 30.1. The number of H-pyrrole nitrogens is 1. The molecule has 2 aliphatic heterocycles. The molecule has 1 amide bonds. The van der Waals surface area contributed by atoms with E-state index in [9.17, 15) is 9.59 Å². The molecule has 2 aliphatic rings. The van der Waals surface area contributed by atoms with Crippen molar-refractivity contribution in [2.24, 2.45) is 0 Å². The normalized spacial score (nSPS) is 19.6. The summed E-state index contributed by atoms with van der Waals surface area (Å²) >= 11 is 6.04. The number of ether oxygens (including phenoxy) is 1. The standard InChI is InChI=1S/C21H20ClN3O3/c22-14-5-6-18-13(11-14)12-19(28-18)20(26)24-9-7-15(8-10-24)25-17-4-2-1-3-16(17)23-21(25)27/h1-6,11,15,19H,7-10,12H2,(H,23,27)/t19-/m1/s1. The van der Waals surface area contributed by atoms with Gasteiger partial charge in [-0.05, 0) is 48.7 Å². The highest BCUT2D eigenvalue weighted by Crippen LogP contribution is 2.33. The van der Waals surface area contributed by atoms with Crippen molar-refractivity contribution in [3.05, 3.63) is 63.5 Å². The van der Waals surface area contributed by atoms with E-state index in [-0.39, 0.29) is 17.6 Å². The molecule has 2 aromatic carbocycles. The summed E-state index contributed by atoms with van der Waals surface area (Å²) in [6.07, 6.45) is 1.56. The molecule has 0 spiro atoms. The van der Waals surface area contributed by atoms with Gasteiger partial charge < -0.3 is 14.6 Å². The maximum Gasteiger partial charge on any atom is 0.326 e. The molecule has 1 aromatic heterocycles. The van der Waals surface area contributed by atoms with Crippen LogP contribution in [0.4, 0.5) is 0 Å². The number of carbonyl (C=O) groups is 1. The van der Waals surface area contributed by atoms with Gasteiger partial charge in [-0.15, -0.1) is 0 Å². The molecule has 1 atom stereocenters. The Morgan fingerprint density at radius 2 is 1.93 bits per heavy atom.